The van der Waals surface area contributed by atoms with Crippen molar-refractivity contribution in [2.75, 3.05) is 20.2 Å². The Kier molecular flexibility index (Phi) is 7.02. The molecule has 8 nitrogen and oxygen atoms in total. The molecule has 0 aliphatic carbocycles. The van der Waals surface area contributed by atoms with E-state index in [0.717, 1.165) is 12.0 Å². The molecular weight excluding hydrogens is 452 g/mol. The summed E-state index contributed by atoms with van der Waals surface area (Å²) in [5.41, 5.74) is 1.14. The Balaban J connectivity index is 1.53. The highest BCUT2D eigenvalue weighted by atomic mass is 32.1. The maximum Gasteiger partial charge on any atom is 0.262 e. The van der Waals surface area contributed by atoms with Gasteiger partial charge in [-0.25, -0.2) is 4.98 Å². The van der Waals surface area contributed by atoms with E-state index in [1.54, 1.807) is 14.0 Å². The van der Waals surface area contributed by atoms with Crippen molar-refractivity contribution in [1.29, 1.82) is 0 Å². The molecule has 1 aromatic carbocycles. The molecule has 2 amide bonds. The Hall–Kier alpha value is -3.20. The number of carbonyl (C=O) groups excluding carboxylic acids is 2. The zero-order chi connectivity index (χ0) is 24.4. The van der Waals surface area contributed by atoms with Gasteiger partial charge < -0.3 is 15.0 Å². The Morgan fingerprint density at radius 1 is 1.21 bits per heavy atom. The number of carbonyl (C=O) groups is 2. The number of benzene rings is 1. The molecule has 1 aliphatic heterocycles. The minimum absolute atomic E-state index is 0.0498. The number of nitrogens with one attached hydrogen (secondary N) is 1. The normalized spacial score (nSPS) is 18.2. The fraction of sp³-hybridized carbons (Fsp3) is 0.440. The first-order chi connectivity index (χ1) is 16.3. The van der Waals surface area contributed by atoms with E-state index in [9.17, 15) is 14.4 Å². The molecule has 0 bridgehead atoms. The first-order valence-electron chi connectivity index (χ1n) is 11.4. The number of likely N-dealkylation sites (tertiary alicyclic amines) is 1. The number of para-hydroxylation sites is 1. The van der Waals surface area contributed by atoms with Crippen LogP contribution in [0.15, 0.2) is 35.4 Å². The van der Waals surface area contributed by atoms with Crippen LogP contribution in [-0.4, -0.2) is 46.5 Å². The number of aryl methyl sites for hydroxylation is 1. The monoisotopic (exact) mass is 482 g/mol. The average molecular weight is 483 g/mol. The standard InChI is InChI=1S/C25H30N4O4S/c1-15-9-16(2)12-28(11-15)20(30)13-29-14-27-24-21(25(29)32)17(3)22(34-24)23(31)26-10-18-7-5-6-8-19(18)33-4/h5-8,14-16H,9-13H2,1-4H3,(H,26,31). The summed E-state index contributed by atoms with van der Waals surface area (Å²) in [6.45, 7) is 7.71. The molecule has 0 radical (unpaired) electrons. The lowest BCUT2D eigenvalue weighted by atomic mass is 9.92. The fourth-order valence-corrected chi connectivity index (χ4v) is 5.76. The van der Waals surface area contributed by atoms with Crippen LogP contribution in [0.2, 0.25) is 0 Å². The molecular formula is C25H30N4O4S. The summed E-state index contributed by atoms with van der Waals surface area (Å²) in [5, 5.41) is 3.30. The SMILES string of the molecule is COc1ccccc1CNC(=O)c1sc2ncn(CC(=O)N3CC(C)CC(C)C3)c(=O)c2c1C. The van der Waals surface area contributed by atoms with Crippen molar-refractivity contribution in [2.45, 2.75) is 40.3 Å². The number of amides is 2. The van der Waals surface area contributed by atoms with Gasteiger partial charge in [-0.05, 0) is 36.8 Å². The number of rotatable bonds is 6. The molecule has 0 saturated carbocycles. The van der Waals surface area contributed by atoms with Gasteiger partial charge in [0.15, 0.2) is 0 Å². The van der Waals surface area contributed by atoms with E-state index in [4.69, 9.17) is 4.74 Å². The average Bonchev–Trinajstić information content (AvgIpc) is 3.15. The quantitative estimate of drug-likeness (QED) is 0.582. The summed E-state index contributed by atoms with van der Waals surface area (Å²) in [6.07, 6.45) is 2.51. The van der Waals surface area contributed by atoms with E-state index < -0.39 is 0 Å². The van der Waals surface area contributed by atoms with Crippen molar-refractivity contribution >= 4 is 33.4 Å². The summed E-state index contributed by atoms with van der Waals surface area (Å²) in [5.74, 6) is 1.23. The molecule has 3 aromatic rings. The molecule has 2 aromatic heterocycles. The van der Waals surface area contributed by atoms with Crippen LogP contribution < -0.4 is 15.6 Å². The van der Waals surface area contributed by atoms with Crippen LogP contribution in [0.4, 0.5) is 0 Å². The van der Waals surface area contributed by atoms with Gasteiger partial charge in [0, 0.05) is 25.2 Å². The molecule has 1 N–H and O–H groups in total. The molecule has 1 fully saturated rings. The number of hydrogen-bond acceptors (Lipinski definition) is 6. The van der Waals surface area contributed by atoms with Gasteiger partial charge in [0.2, 0.25) is 5.91 Å². The van der Waals surface area contributed by atoms with Crippen molar-refractivity contribution in [2.24, 2.45) is 11.8 Å². The molecule has 2 unspecified atom stereocenters. The van der Waals surface area contributed by atoms with E-state index in [-0.39, 0.29) is 23.9 Å². The number of ether oxygens (including phenoxy) is 1. The highest BCUT2D eigenvalue weighted by Gasteiger charge is 2.26. The first-order valence-corrected chi connectivity index (χ1v) is 12.3. The molecule has 180 valence electrons. The number of aromatic nitrogens is 2. The van der Waals surface area contributed by atoms with E-state index in [1.165, 1.54) is 22.2 Å². The zero-order valence-corrected chi connectivity index (χ0v) is 20.8. The second-order valence-corrected chi connectivity index (χ2v) is 10.2. The van der Waals surface area contributed by atoms with Gasteiger partial charge in [0.1, 0.15) is 17.1 Å². The number of fused-ring (bicyclic) bond motifs is 1. The number of piperidine rings is 1. The van der Waals surface area contributed by atoms with Crippen LogP contribution in [0.3, 0.4) is 0 Å². The van der Waals surface area contributed by atoms with E-state index in [0.29, 0.717) is 57.9 Å². The molecule has 1 aliphatic rings. The topological polar surface area (TPSA) is 93.5 Å². The van der Waals surface area contributed by atoms with Crippen molar-refractivity contribution in [1.82, 2.24) is 19.8 Å². The largest absolute Gasteiger partial charge is 0.496 e. The van der Waals surface area contributed by atoms with Crippen molar-refractivity contribution < 1.29 is 14.3 Å². The van der Waals surface area contributed by atoms with Gasteiger partial charge in [-0.2, -0.15) is 0 Å². The molecule has 3 heterocycles. The predicted molar refractivity (Wildman–Crippen MR) is 132 cm³/mol. The van der Waals surface area contributed by atoms with Gasteiger partial charge in [-0.3, -0.25) is 19.0 Å². The van der Waals surface area contributed by atoms with Crippen LogP contribution >= 0.6 is 11.3 Å². The van der Waals surface area contributed by atoms with Crippen molar-refractivity contribution in [3.63, 3.8) is 0 Å². The molecule has 9 heteroatoms. The Bertz CT molecular complexity index is 1270. The lowest BCUT2D eigenvalue weighted by molar-refractivity contribution is -0.134. The third-order valence-electron chi connectivity index (χ3n) is 6.28. The number of methoxy groups -OCH3 is 1. The van der Waals surface area contributed by atoms with Crippen LogP contribution in [-0.2, 0) is 17.9 Å². The van der Waals surface area contributed by atoms with Gasteiger partial charge in [-0.1, -0.05) is 32.0 Å². The third kappa shape index (κ3) is 4.84. The number of hydrogen-bond donors (Lipinski definition) is 1. The maximum atomic E-state index is 13.2. The van der Waals surface area contributed by atoms with Crippen molar-refractivity contribution in [3.8, 4) is 5.75 Å². The highest BCUT2D eigenvalue weighted by molar-refractivity contribution is 7.20. The van der Waals surface area contributed by atoms with Gasteiger partial charge >= 0.3 is 0 Å². The maximum absolute atomic E-state index is 13.2. The second-order valence-electron chi connectivity index (χ2n) is 9.15. The summed E-state index contributed by atoms with van der Waals surface area (Å²) < 4.78 is 6.69. The van der Waals surface area contributed by atoms with Gasteiger partial charge in [0.05, 0.1) is 23.7 Å². The predicted octanol–water partition coefficient (Wildman–Crippen LogP) is 3.21. The van der Waals surface area contributed by atoms with Gasteiger partial charge in [-0.15, -0.1) is 11.3 Å². The molecule has 4 rings (SSSR count). The van der Waals surface area contributed by atoms with E-state index >= 15 is 0 Å². The summed E-state index contributed by atoms with van der Waals surface area (Å²) in [7, 11) is 1.59. The minimum Gasteiger partial charge on any atom is -0.496 e. The summed E-state index contributed by atoms with van der Waals surface area (Å²) >= 11 is 1.18. The van der Waals surface area contributed by atoms with Crippen LogP contribution in [0.5, 0.6) is 5.75 Å². The highest BCUT2D eigenvalue weighted by Crippen LogP contribution is 2.27. The van der Waals surface area contributed by atoms with Crippen LogP contribution in [0.1, 0.15) is 41.1 Å². The lowest BCUT2D eigenvalue weighted by Gasteiger charge is -2.35. The van der Waals surface area contributed by atoms with Crippen molar-refractivity contribution in [3.05, 3.63) is 57.0 Å². The van der Waals surface area contributed by atoms with E-state index in [2.05, 4.69) is 24.1 Å². The Labute approximate surface area is 202 Å². The minimum atomic E-state index is -0.297. The molecule has 2 atom stereocenters. The third-order valence-corrected chi connectivity index (χ3v) is 7.48. The smallest absolute Gasteiger partial charge is 0.262 e. The lowest BCUT2D eigenvalue weighted by Crippen LogP contribution is -2.44. The van der Waals surface area contributed by atoms with E-state index in [1.807, 2.05) is 29.2 Å². The second kappa shape index (κ2) is 9.97. The fourth-order valence-electron chi connectivity index (χ4n) is 4.71. The van der Waals surface area contributed by atoms with Crippen LogP contribution in [0, 0.1) is 18.8 Å². The zero-order valence-electron chi connectivity index (χ0n) is 20.0. The summed E-state index contributed by atoms with van der Waals surface area (Å²) in [6, 6.07) is 7.48. The summed E-state index contributed by atoms with van der Waals surface area (Å²) in [4.78, 5) is 46.2. The molecule has 0 spiro atoms. The molecule has 34 heavy (non-hydrogen) atoms. The molecule has 1 saturated heterocycles. The number of nitrogens with zero attached hydrogens (tertiary/aromatic N) is 3. The van der Waals surface area contributed by atoms with Crippen LogP contribution in [0.25, 0.3) is 10.2 Å². The Morgan fingerprint density at radius 2 is 1.91 bits per heavy atom. The van der Waals surface area contributed by atoms with Gasteiger partial charge in [0.25, 0.3) is 11.5 Å². The first kappa shape index (κ1) is 23.9. The number of thiophene rings is 1. The Morgan fingerprint density at radius 3 is 2.62 bits per heavy atom.